The summed E-state index contributed by atoms with van der Waals surface area (Å²) in [5, 5.41) is 2.73. The Bertz CT molecular complexity index is 1160. The summed E-state index contributed by atoms with van der Waals surface area (Å²) in [5.41, 5.74) is 1.18. The molecule has 0 aliphatic carbocycles. The highest BCUT2D eigenvalue weighted by molar-refractivity contribution is 7.89. The van der Waals surface area contributed by atoms with Crippen LogP contribution in [-0.4, -0.2) is 39.4 Å². The number of carbonyl (C=O) groups is 1. The molecule has 7 nitrogen and oxygen atoms in total. The van der Waals surface area contributed by atoms with E-state index in [1.165, 1.54) is 50.6 Å². The van der Waals surface area contributed by atoms with Crippen molar-refractivity contribution in [3.63, 3.8) is 0 Å². The maximum absolute atomic E-state index is 13.3. The molecule has 0 bridgehead atoms. The Morgan fingerprint density at radius 2 is 1.52 bits per heavy atom. The van der Waals surface area contributed by atoms with Crippen molar-refractivity contribution in [2.75, 3.05) is 20.8 Å². The first-order valence-corrected chi connectivity index (χ1v) is 11.6. The predicted molar refractivity (Wildman–Crippen MR) is 122 cm³/mol. The molecule has 0 spiro atoms. The number of benzene rings is 3. The van der Waals surface area contributed by atoms with Gasteiger partial charge in [-0.1, -0.05) is 36.4 Å². The minimum Gasteiger partial charge on any atom is -0.496 e. The molecule has 0 unspecified atom stereocenters. The minimum absolute atomic E-state index is 0.0614. The first-order chi connectivity index (χ1) is 15.8. The lowest BCUT2D eigenvalue weighted by Gasteiger charge is -2.22. The fourth-order valence-electron chi connectivity index (χ4n) is 3.27. The van der Waals surface area contributed by atoms with Gasteiger partial charge in [-0.15, -0.1) is 0 Å². The molecule has 0 saturated carbocycles. The molecule has 33 heavy (non-hydrogen) atoms. The van der Waals surface area contributed by atoms with Gasteiger partial charge in [0.05, 0.1) is 37.8 Å². The summed E-state index contributed by atoms with van der Waals surface area (Å²) in [6.45, 7) is -0.434. The molecule has 174 valence electrons. The van der Waals surface area contributed by atoms with Crippen LogP contribution < -0.4 is 14.8 Å². The van der Waals surface area contributed by atoms with E-state index < -0.39 is 28.3 Å². The smallest absolute Gasteiger partial charge is 0.243 e. The molecule has 0 saturated heterocycles. The van der Waals surface area contributed by atoms with Gasteiger partial charge in [-0.25, -0.2) is 12.8 Å². The number of nitrogens with zero attached hydrogens (tertiary/aromatic N) is 1. The Labute approximate surface area is 192 Å². The number of sulfonamides is 1. The summed E-state index contributed by atoms with van der Waals surface area (Å²) < 4.78 is 51.5. The zero-order valence-corrected chi connectivity index (χ0v) is 19.1. The molecular weight excluding hydrogens is 447 g/mol. The average molecular weight is 473 g/mol. The zero-order valence-electron chi connectivity index (χ0n) is 18.3. The lowest BCUT2D eigenvalue weighted by Crippen LogP contribution is -2.40. The lowest BCUT2D eigenvalue weighted by molar-refractivity contribution is -0.121. The van der Waals surface area contributed by atoms with Crippen molar-refractivity contribution in [2.24, 2.45) is 0 Å². The molecule has 0 aliphatic heterocycles. The third-order valence-electron chi connectivity index (χ3n) is 4.97. The second-order valence-corrected chi connectivity index (χ2v) is 9.07. The molecule has 1 N–H and O–H groups in total. The Morgan fingerprint density at radius 3 is 2.09 bits per heavy atom. The van der Waals surface area contributed by atoms with Gasteiger partial charge in [-0.3, -0.25) is 4.79 Å². The number of methoxy groups -OCH3 is 2. The van der Waals surface area contributed by atoms with E-state index in [-0.39, 0.29) is 18.0 Å². The second kappa shape index (κ2) is 10.9. The van der Waals surface area contributed by atoms with Crippen LogP contribution >= 0.6 is 0 Å². The lowest BCUT2D eigenvalue weighted by atomic mass is 10.1. The molecule has 0 atom stereocenters. The number of nitrogens with one attached hydrogen (secondary N) is 1. The van der Waals surface area contributed by atoms with Crippen molar-refractivity contribution in [2.45, 2.75) is 18.0 Å². The third-order valence-corrected chi connectivity index (χ3v) is 6.77. The van der Waals surface area contributed by atoms with Gasteiger partial charge in [0.2, 0.25) is 15.9 Å². The number of hydrogen-bond donors (Lipinski definition) is 1. The summed E-state index contributed by atoms with van der Waals surface area (Å²) in [6, 6.07) is 18.6. The van der Waals surface area contributed by atoms with Crippen LogP contribution in [0.2, 0.25) is 0 Å². The zero-order chi connectivity index (χ0) is 23.8. The number of carbonyl (C=O) groups excluding carboxylic acids is 1. The van der Waals surface area contributed by atoms with Gasteiger partial charge in [0.15, 0.2) is 0 Å². The van der Waals surface area contributed by atoms with Crippen LogP contribution in [0.1, 0.15) is 11.1 Å². The van der Waals surface area contributed by atoms with E-state index in [1.807, 2.05) is 0 Å². The highest BCUT2D eigenvalue weighted by Crippen LogP contribution is 2.28. The van der Waals surface area contributed by atoms with Crippen molar-refractivity contribution >= 4 is 15.9 Å². The number of rotatable bonds is 10. The molecule has 1 amide bonds. The van der Waals surface area contributed by atoms with Crippen LogP contribution in [0.15, 0.2) is 77.7 Å². The summed E-state index contributed by atoms with van der Waals surface area (Å²) in [4.78, 5) is 12.9. The monoisotopic (exact) mass is 472 g/mol. The van der Waals surface area contributed by atoms with E-state index in [0.717, 1.165) is 4.31 Å². The van der Waals surface area contributed by atoms with Crippen molar-refractivity contribution in [1.82, 2.24) is 9.62 Å². The van der Waals surface area contributed by atoms with Gasteiger partial charge >= 0.3 is 0 Å². The van der Waals surface area contributed by atoms with Crippen LogP contribution in [0.5, 0.6) is 11.5 Å². The quantitative estimate of drug-likeness (QED) is 0.489. The number of hydrogen-bond acceptors (Lipinski definition) is 5. The first kappa shape index (κ1) is 24.2. The van der Waals surface area contributed by atoms with Crippen LogP contribution in [0.25, 0.3) is 0 Å². The highest BCUT2D eigenvalue weighted by Gasteiger charge is 2.27. The van der Waals surface area contributed by atoms with Gasteiger partial charge in [0, 0.05) is 6.54 Å². The second-order valence-electron chi connectivity index (χ2n) is 7.13. The standard InChI is InChI=1S/C24H25FN2O5S/c1-31-22-9-6-10-23(32-2)21(22)15-26-24(28)17-27(16-18-11-13-19(25)14-12-18)33(29,30)20-7-4-3-5-8-20/h3-14H,15-17H2,1-2H3,(H,26,28). The molecule has 3 rings (SSSR count). The normalized spacial score (nSPS) is 11.3. The van der Waals surface area contributed by atoms with Gasteiger partial charge in [-0.05, 0) is 42.0 Å². The van der Waals surface area contributed by atoms with Crippen molar-refractivity contribution < 1.29 is 27.1 Å². The fourth-order valence-corrected chi connectivity index (χ4v) is 4.67. The van der Waals surface area contributed by atoms with Crippen LogP contribution in [-0.2, 0) is 27.9 Å². The molecule has 9 heteroatoms. The van der Waals surface area contributed by atoms with Gasteiger partial charge in [0.1, 0.15) is 17.3 Å². The molecule has 0 heterocycles. The van der Waals surface area contributed by atoms with Crippen LogP contribution in [0.4, 0.5) is 4.39 Å². The largest absolute Gasteiger partial charge is 0.496 e. The van der Waals surface area contributed by atoms with Crippen molar-refractivity contribution in [3.05, 3.63) is 89.7 Å². The maximum atomic E-state index is 13.3. The van der Waals surface area contributed by atoms with E-state index >= 15 is 0 Å². The summed E-state index contributed by atoms with van der Waals surface area (Å²) in [7, 11) is -0.962. The minimum atomic E-state index is -3.98. The Hall–Kier alpha value is -3.43. The van der Waals surface area contributed by atoms with Crippen LogP contribution in [0.3, 0.4) is 0 Å². The third kappa shape index (κ3) is 6.09. The number of ether oxygens (including phenoxy) is 2. The SMILES string of the molecule is COc1cccc(OC)c1CNC(=O)CN(Cc1ccc(F)cc1)S(=O)(=O)c1ccccc1. The van der Waals surface area contributed by atoms with Crippen LogP contribution in [0, 0.1) is 5.82 Å². The molecule has 3 aromatic carbocycles. The van der Waals surface area contributed by atoms with Gasteiger partial charge in [-0.2, -0.15) is 4.31 Å². The molecule has 0 aromatic heterocycles. The summed E-state index contributed by atoms with van der Waals surface area (Å²) in [5.74, 6) is 0.133. The Morgan fingerprint density at radius 1 is 0.909 bits per heavy atom. The maximum Gasteiger partial charge on any atom is 0.243 e. The highest BCUT2D eigenvalue weighted by atomic mass is 32.2. The fraction of sp³-hybridized carbons (Fsp3) is 0.208. The molecular formula is C24H25FN2O5S. The van der Waals surface area contributed by atoms with E-state index in [9.17, 15) is 17.6 Å². The van der Waals surface area contributed by atoms with E-state index in [2.05, 4.69) is 5.32 Å². The summed E-state index contributed by atoms with van der Waals surface area (Å²) in [6.07, 6.45) is 0. The van der Waals surface area contributed by atoms with Crippen molar-refractivity contribution in [3.8, 4) is 11.5 Å². The molecule has 0 aliphatic rings. The summed E-state index contributed by atoms with van der Waals surface area (Å²) >= 11 is 0. The van der Waals surface area contributed by atoms with E-state index in [1.54, 1.807) is 36.4 Å². The Kier molecular flexibility index (Phi) is 8.02. The molecule has 3 aromatic rings. The van der Waals surface area contributed by atoms with Crippen molar-refractivity contribution in [1.29, 1.82) is 0 Å². The number of amides is 1. The van der Waals surface area contributed by atoms with E-state index in [0.29, 0.717) is 22.6 Å². The number of halogens is 1. The van der Waals surface area contributed by atoms with E-state index in [4.69, 9.17) is 9.47 Å². The van der Waals surface area contributed by atoms with Gasteiger partial charge in [0.25, 0.3) is 0 Å². The van der Waals surface area contributed by atoms with Gasteiger partial charge < -0.3 is 14.8 Å². The Balaban J connectivity index is 1.81. The average Bonchev–Trinajstić information content (AvgIpc) is 2.83. The predicted octanol–water partition coefficient (Wildman–Crippen LogP) is 3.35. The first-order valence-electron chi connectivity index (χ1n) is 10.1. The topological polar surface area (TPSA) is 84.9 Å². The molecule has 0 fully saturated rings. The molecule has 0 radical (unpaired) electrons.